The minimum absolute atomic E-state index is 0.168. The highest BCUT2D eigenvalue weighted by atomic mass is 16.3. The Morgan fingerprint density at radius 3 is 2.80 bits per heavy atom. The van der Waals surface area contributed by atoms with E-state index in [2.05, 4.69) is 4.90 Å². The molecule has 1 fully saturated rings. The van der Waals surface area contributed by atoms with Crippen LogP contribution in [0.5, 0.6) is 0 Å². The van der Waals surface area contributed by atoms with Crippen LogP contribution in [-0.4, -0.2) is 47.0 Å². The van der Waals surface area contributed by atoms with E-state index >= 15 is 0 Å². The Balaban J connectivity index is 2.18. The molecule has 1 aliphatic rings. The summed E-state index contributed by atoms with van der Waals surface area (Å²) >= 11 is 0. The van der Waals surface area contributed by atoms with E-state index in [1.165, 1.54) is 0 Å². The molecule has 0 radical (unpaired) electrons. The largest absolute Gasteiger partial charge is 0.392 e. The van der Waals surface area contributed by atoms with Crippen LogP contribution in [0.4, 0.5) is 0 Å². The number of β-amino-alcohol motifs (C(OH)–C–C–N with tert-alkyl or cyclic N) is 2. The van der Waals surface area contributed by atoms with Gasteiger partial charge in [0.1, 0.15) is 0 Å². The van der Waals surface area contributed by atoms with E-state index in [1.807, 2.05) is 0 Å². The van der Waals surface area contributed by atoms with E-state index in [0.717, 1.165) is 19.5 Å². The summed E-state index contributed by atoms with van der Waals surface area (Å²) in [7, 11) is 0. The molecule has 10 heavy (non-hydrogen) atoms. The maximum Gasteiger partial charge on any atom is 0.0679 e. The van der Waals surface area contributed by atoms with Crippen LogP contribution < -0.4 is 0 Å². The molecular formula is C7H15NO2. The Labute approximate surface area is 61.3 Å². The van der Waals surface area contributed by atoms with Gasteiger partial charge in [0.15, 0.2) is 0 Å². The van der Waals surface area contributed by atoms with Gasteiger partial charge in [-0.15, -0.1) is 0 Å². The Morgan fingerprint density at radius 1 is 1.70 bits per heavy atom. The number of hydrogen-bond acceptors (Lipinski definition) is 3. The molecule has 1 rings (SSSR count). The summed E-state index contributed by atoms with van der Waals surface area (Å²) < 4.78 is 0. The number of nitrogens with zero attached hydrogens (tertiary/aromatic N) is 1. The van der Waals surface area contributed by atoms with Crippen molar-refractivity contribution in [3.63, 3.8) is 0 Å². The van der Waals surface area contributed by atoms with Gasteiger partial charge in [-0.3, -0.25) is 4.90 Å². The van der Waals surface area contributed by atoms with Gasteiger partial charge in [-0.05, 0) is 13.3 Å². The van der Waals surface area contributed by atoms with Crippen molar-refractivity contribution in [3.05, 3.63) is 0 Å². The zero-order valence-corrected chi connectivity index (χ0v) is 6.32. The fourth-order valence-corrected chi connectivity index (χ4v) is 1.35. The predicted octanol–water partition coefficient (Wildman–Crippen LogP) is -0.566. The summed E-state index contributed by atoms with van der Waals surface area (Å²) in [4.78, 5) is 2.08. The minimum Gasteiger partial charge on any atom is -0.392 e. The highest BCUT2D eigenvalue weighted by Gasteiger charge is 2.20. The van der Waals surface area contributed by atoms with Crippen LogP contribution >= 0.6 is 0 Å². The van der Waals surface area contributed by atoms with Crippen LogP contribution in [0.1, 0.15) is 13.3 Å². The van der Waals surface area contributed by atoms with E-state index in [4.69, 9.17) is 10.2 Å². The van der Waals surface area contributed by atoms with Gasteiger partial charge in [0, 0.05) is 19.6 Å². The topological polar surface area (TPSA) is 43.7 Å². The Morgan fingerprint density at radius 2 is 2.40 bits per heavy atom. The molecule has 2 N–H and O–H groups in total. The van der Waals surface area contributed by atoms with Crippen LogP contribution in [0.2, 0.25) is 0 Å². The molecule has 0 aromatic carbocycles. The van der Waals surface area contributed by atoms with Gasteiger partial charge in [-0.2, -0.15) is 0 Å². The zero-order valence-electron chi connectivity index (χ0n) is 6.32. The van der Waals surface area contributed by atoms with Crippen molar-refractivity contribution in [2.75, 3.05) is 19.6 Å². The van der Waals surface area contributed by atoms with Crippen LogP contribution in [0.3, 0.4) is 0 Å². The van der Waals surface area contributed by atoms with Crippen molar-refractivity contribution in [3.8, 4) is 0 Å². The highest BCUT2D eigenvalue weighted by Crippen LogP contribution is 2.08. The number of rotatable bonds is 2. The van der Waals surface area contributed by atoms with Gasteiger partial charge in [0.2, 0.25) is 0 Å². The summed E-state index contributed by atoms with van der Waals surface area (Å²) in [5.74, 6) is 0. The van der Waals surface area contributed by atoms with Crippen molar-refractivity contribution in [1.82, 2.24) is 4.90 Å². The van der Waals surface area contributed by atoms with Gasteiger partial charge < -0.3 is 10.2 Å². The zero-order chi connectivity index (χ0) is 7.56. The Kier molecular flexibility index (Phi) is 2.65. The molecule has 2 atom stereocenters. The maximum absolute atomic E-state index is 9.09. The lowest BCUT2D eigenvalue weighted by Crippen LogP contribution is -2.29. The first-order chi connectivity index (χ1) is 4.68. The lowest BCUT2D eigenvalue weighted by molar-refractivity contribution is 0.125. The first kappa shape index (κ1) is 7.98. The van der Waals surface area contributed by atoms with Crippen molar-refractivity contribution >= 4 is 0 Å². The lowest BCUT2D eigenvalue weighted by atomic mass is 10.3. The van der Waals surface area contributed by atoms with Crippen molar-refractivity contribution < 1.29 is 10.2 Å². The molecule has 0 aliphatic carbocycles. The standard InChI is InChI=1S/C7H15NO2/c1-6(9)4-8-3-2-7(10)5-8/h6-7,9-10H,2-5H2,1H3/t6?,7-/m1/s1. The average molecular weight is 145 g/mol. The van der Waals surface area contributed by atoms with Crippen LogP contribution in [0, 0.1) is 0 Å². The van der Waals surface area contributed by atoms with Gasteiger partial charge in [0.05, 0.1) is 12.2 Å². The summed E-state index contributed by atoms with van der Waals surface area (Å²) in [6, 6.07) is 0. The van der Waals surface area contributed by atoms with Crippen LogP contribution in [-0.2, 0) is 0 Å². The molecule has 3 heteroatoms. The first-order valence-corrected chi connectivity index (χ1v) is 3.77. The van der Waals surface area contributed by atoms with Gasteiger partial charge in [-0.25, -0.2) is 0 Å². The molecule has 0 saturated carbocycles. The third-order valence-corrected chi connectivity index (χ3v) is 1.77. The molecule has 60 valence electrons. The van der Waals surface area contributed by atoms with E-state index in [9.17, 15) is 0 Å². The molecule has 0 aromatic rings. The maximum atomic E-state index is 9.09. The number of likely N-dealkylation sites (tertiary alicyclic amines) is 1. The second kappa shape index (κ2) is 3.32. The Bertz CT molecular complexity index is 106. The SMILES string of the molecule is CC(O)CN1CC[C@@H](O)C1. The number of aliphatic hydroxyl groups is 2. The van der Waals surface area contributed by atoms with E-state index in [-0.39, 0.29) is 12.2 Å². The molecule has 0 spiro atoms. The number of hydrogen-bond donors (Lipinski definition) is 2. The predicted molar refractivity (Wildman–Crippen MR) is 38.7 cm³/mol. The van der Waals surface area contributed by atoms with Crippen molar-refractivity contribution in [2.24, 2.45) is 0 Å². The molecule has 1 aliphatic heterocycles. The third kappa shape index (κ3) is 2.25. The van der Waals surface area contributed by atoms with Gasteiger partial charge >= 0.3 is 0 Å². The van der Waals surface area contributed by atoms with E-state index < -0.39 is 0 Å². The van der Waals surface area contributed by atoms with Crippen LogP contribution in [0.15, 0.2) is 0 Å². The molecule has 1 heterocycles. The van der Waals surface area contributed by atoms with Gasteiger partial charge in [-0.1, -0.05) is 0 Å². The van der Waals surface area contributed by atoms with Gasteiger partial charge in [0.25, 0.3) is 0 Å². The smallest absolute Gasteiger partial charge is 0.0679 e. The molecule has 1 unspecified atom stereocenters. The molecular weight excluding hydrogens is 130 g/mol. The fraction of sp³-hybridized carbons (Fsp3) is 1.00. The van der Waals surface area contributed by atoms with E-state index in [0.29, 0.717) is 6.54 Å². The molecule has 0 bridgehead atoms. The highest BCUT2D eigenvalue weighted by molar-refractivity contribution is 4.75. The summed E-state index contributed by atoms with van der Waals surface area (Å²) in [6.45, 7) is 4.11. The van der Waals surface area contributed by atoms with Crippen molar-refractivity contribution in [2.45, 2.75) is 25.6 Å². The van der Waals surface area contributed by atoms with Crippen LogP contribution in [0.25, 0.3) is 0 Å². The first-order valence-electron chi connectivity index (χ1n) is 3.77. The molecule has 0 amide bonds. The normalized spacial score (nSPS) is 30.9. The lowest BCUT2D eigenvalue weighted by Gasteiger charge is -2.15. The summed E-state index contributed by atoms with van der Waals surface area (Å²) in [5, 5.41) is 18.1. The quantitative estimate of drug-likeness (QED) is 0.547. The minimum atomic E-state index is -0.273. The second-order valence-corrected chi connectivity index (χ2v) is 3.05. The average Bonchev–Trinajstić information content (AvgIpc) is 2.13. The molecule has 0 aromatic heterocycles. The van der Waals surface area contributed by atoms with Crippen molar-refractivity contribution in [1.29, 1.82) is 0 Å². The summed E-state index contributed by atoms with van der Waals surface area (Å²) in [6.07, 6.45) is 0.413. The third-order valence-electron chi connectivity index (χ3n) is 1.77. The second-order valence-electron chi connectivity index (χ2n) is 3.05. The summed E-state index contributed by atoms with van der Waals surface area (Å²) in [5.41, 5.74) is 0. The Hall–Kier alpha value is -0.120. The molecule has 3 nitrogen and oxygen atoms in total. The number of aliphatic hydroxyl groups excluding tert-OH is 2. The fourth-order valence-electron chi connectivity index (χ4n) is 1.35. The monoisotopic (exact) mass is 145 g/mol. The molecule has 1 saturated heterocycles. The van der Waals surface area contributed by atoms with E-state index in [1.54, 1.807) is 6.92 Å².